The number of carbonyl (C=O) groups is 2. The van der Waals surface area contributed by atoms with E-state index in [1.165, 1.54) is 0 Å². The fourth-order valence-corrected chi connectivity index (χ4v) is 3.09. The monoisotopic (exact) mass is 392 g/mol. The zero-order valence-electron chi connectivity index (χ0n) is 10.5. The summed E-state index contributed by atoms with van der Waals surface area (Å²) in [5.74, 6) is 0.152. The predicted molar refractivity (Wildman–Crippen MR) is 87.1 cm³/mol. The Morgan fingerprint density at radius 3 is 1.45 bits per heavy atom. The topological polar surface area (TPSA) is 34.1 Å². The molecule has 2 aromatic carbocycles. The summed E-state index contributed by atoms with van der Waals surface area (Å²) >= 11 is 6.37. The van der Waals surface area contributed by atoms with Crippen molar-refractivity contribution >= 4 is 43.4 Å². The van der Waals surface area contributed by atoms with Crippen LogP contribution in [-0.2, 0) is 0 Å². The molecule has 3 rings (SSSR count). The van der Waals surface area contributed by atoms with Gasteiger partial charge in [-0.3, -0.25) is 9.59 Å². The van der Waals surface area contributed by atoms with Gasteiger partial charge in [-0.1, -0.05) is 56.1 Å². The Labute approximate surface area is 133 Å². The number of benzene rings is 2. The highest BCUT2D eigenvalue weighted by atomic mass is 79.9. The second-order valence-electron chi connectivity index (χ2n) is 4.63. The normalized spacial score (nSPS) is 11.3. The largest absolute Gasteiger partial charge is 0.293 e. The van der Waals surface area contributed by atoms with Crippen molar-refractivity contribution < 1.29 is 9.59 Å². The van der Waals surface area contributed by atoms with Crippen LogP contribution in [0.5, 0.6) is 0 Å². The van der Waals surface area contributed by atoms with Gasteiger partial charge in [-0.15, -0.1) is 0 Å². The third-order valence-corrected chi connectivity index (χ3v) is 4.52. The number of carbonyl (C=O) groups excluding carboxylic acids is 2. The van der Waals surface area contributed by atoms with E-state index in [-0.39, 0.29) is 11.6 Å². The number of hydrogen-bond donors (Lipinski definition) is 0. The summed E-state index contributed by atoms with van der Waals surface area (Å²) in [6.45, 7) is 0. The van der Waals surface area contributed by atoms with Crippen molar-refractivity contribution in [2.45, 2.75) is 0 Å². The minimum atomic E-state index is 0.0762. The molecule has 4 heteroatoms. The van der Waals surface area contributed by atoms with Crippen LogP contribution in [0.3, 0.4) is 0 Å². The first kappa shape index (κ1) is 13.7. The summed E-state index contributed by atoms with van der Waals surface area (Å²) in [7, 11) is 0. The lowest BCUT2D eigenvalue weighted by atomic mass is 9.78. The summed E-state index contributed by atoms with van der Waals surface area (Å²) in [5.41, 5.74) is 5.82. The molecular weight excluding hydrogens is 384 g/mol. The lowest BCUT2D eigenvalue weighted by molar-refractivity contribution is 0.101. The zero-order valence-corrected chi connectivity index (χ0v) is 13.6. The van der Waals surface area contributed by atoms with Crippen LogP contribution in [0.2, 0.25) is 0 Å². The molecule has 2 nitrogen and oxygen atoms in total. The molecule has 20 heavy (non-hydrogen) atoms. The Hall–Kier alpha value is -1.26. The maximum absolute atomic E-state index is 11.7. The third kappa shape index (κ3) is 2.07. The SMILES string of the molecule is O=C(CBr)c1ccc2c(c1)-c1ccc(C(=O)CBr)cc1-2. The quantitative estimate of drug-likeness (QED) is 0.483. The van der Waals surface area contributed by atoms with Crippen molar-refractivity contribution in [1.29, 1.82) is 0 Å². The van der Waals surface area contributed by atoms with Gasteiger partial charge < -0.3 is 0 Å². The van der Waals surface area contributed by atoms with Crippen LogP contribution in [0.4, 0.5) is 0 Å². The minimum Gasteiger partial charge on any atom is -0.293 e. The lowest BCUT2D eigenvalue weighted by Gasteiger charge is -2.25. The number of hydrogen-bond acceptors (Lipinski definition) is 2. The van der Waals surface area contributed by atoms with Gasteiger partial charge in [-0.2, -0.15) is 0 Å². The molecule has 0 saturated carbocycles. The van der Waals surface area contributed by atoms with Crippen LogP contribution < -0.4 is 0 Å². The highest BCUT2D eigenvalue weighted by molar-refractivity contribution is 9.09. The molecule has 1 aliphatic rings. The number of Topliss-reactive ketones (excluding diaryl/α,β-unsaturated/α-hetero) is 2. The van der Waals surface area contributed by atoms with Crippen LogP contribution in [0.1, 0.15) is 20.7 Å². The van der Waals surface area contributed by atoms with Gasteiger partial charge in [0, 0.05) is 11.1 Å². The van der Waals surface area contributed by atoms with Crippen molar-refractivity contribution in [1.82, 2.24) is 0 Å². The van der Waals surface area contributed by atoms with Crippen LogP contribution in [0.15, 0.2) is 36.4 Å². The summed E-state index contributed by atoms with van der Waals surface area (Å²) < 4.78 is 0. The highest BCUT2D eigenvalue weighted by Gasteiger charge is 2.24. The standard InChI is InChI=1S/C16H10Br2O2/c17-7-15(19)9-1-3-11-13(5-9)12-4-2-10(6-14(11)12)16(20)8-18/h1-6H,7-8H2. The number of halogens is 2. The molecule has 0 atom stereocenters. The Balaban J connectivity index is 2.01. The number of fused-ring (bicyclic) bond motifs is 4. The van der Waals surface area contributed by atoms with E-state index in [4.69, 9.17) is 0 Å². The molecule has 100 valence electrons. The maximum Gasteiger partial charge on any atom is 0.173 e. The van der Waals surface area contributed by atoms with E-state index in [9.17, 15) is 9.59 Å². The second kappa shape index (κ2) is 5.26. The van der Waals surface area contributed by atoms with Crippen LogP contribution >= 0.6 is 31.9 Å². The van der Waals surface area contributed by atoms with Gasteiger partial charge in [0.2, 0.25) is 0 Å². The molecule has 0 N–H and O–H groups in total. The Kier molecular flexibility index (Phi) is 3.61. The second-order valence-corrected chi connectivity index (χ2v) is 5.76. The van der Waals surface area contributed by atoms with Crippen molar-refractivity contribution in [2.24, 2.45) is 0 Å². The molecule has 2 aromatic rings. The van der Waals surface area contributed by atoms with Gasteiger partial charge in [0.05, 0.1) is 10.7 Å². The molecule has 0 aliphatic heterocycles. The average Bonchev–Trinajstić information content (AvgIpc) is 2.50. The first-order chi connectivity index (χ1) is 9.65. The van der Waals surface area contributed by atoms with Gasteiger partial charge in [0.25, 0.3) is 0 Å². The van der Waals surface area contributed by atoms with Gasteiger partial charge >= 0.3 is 0 Å². The predicted octanol–water partition coefficient (Wildman–Crippen LogP) is 4.49. The van der Waals surface area contributed by atoms with E-state index in [1.54, 1.807) is 0 Å². The maximum atomic E-state index is 11.7. The van der Waals surface area contributed by atoms with Crippen molar-refractivity contribution in [3.05, 3.63) is 47.5 Å². The van der Waals surface area contributed by atoms with E-state index >= 15 is 0 Å². The van der Waals surface area contributed by atoms with E-state index in [0.29, 0.717) is 21.8 Å². The first-order valence-corrected chi connectivity index (χ1v) is 8.37. The van der Waals surface area contributed by atoms with Gasteiger partial charge in [0.15, 0.2) is 11.6 Å². The van der Waals surface area contributed by atoms with E-state index in [1.807, 2.05) is 36.4 Å². The molecule has 0 fully saturated rings. The molecule has 0 saturated heterocycles. The van der Waals surface area contributed by atoms with Crippen LogP contribution in [0, 0.1) is 0 Å². The Bertz CT molecular complexity index is 657. The fourth-order valence-electron chi connectivity index (χ4n) is 2.44. The van der Waals surface area contributed by atoms with Crippen LogP contribution in [-0.4, -0.2) is 22.2 Å². The highest BCUT2D eigenvalue weighted by Crippen LogP contribution is 2.47. The molecule has 1 aliphatic carbocycles. The van der Waals surface area contributed by atoms with Crippen molar-refractivity contribution in [3.8, 4) is 22.3 Å². The first-order valence-electron chi connectivity index (χ1n) is 6.13. The molecule has 0 radical (unpaired) electrons. The van der Waals surface area contributed by atoms with Crippen LogP contribution in [0.25, 0.3) is 22.3 Å². The Morgan fingerprint density at radius 1 is 0.700 bits per heavy atom. The third-order valence-electron chi connectivity index (χ3n) is 3.51. The van der Waals surface area contributed by atoms with E-state index < -0.39 is 0 Å². The minimum absolute atomic E-state index is 0.0762. The molecule has 0 bridgehead atoms. The van der Waals surface area contributed by atoms with E-state index in [0.717, 1.165) is 22.3 Å². The molecule has 0 spiro atoms. The molecule has 0 heterocycles. The fraction of sp³-hybridized carbons (Fsp3) is 0.125. The summed E-state index contributed by atoms with van der Waals surface area (Å²) in [6, 6.07) is 11.4. The zero-order chi connectivity index (χ0) is 14.3. The average molecular weight is 394 g/mol. The number of rotatable bonds is 4. The molecule has 0 unspecified atom stereocenters. The molecule has 0 amide bonds. The summed E-state index contributed by atoms with van der Waals surface area (Å²) in [5, 5.41) is 0.661. The van der Waals surface area contributed by atoms with Crippen molar-refractivity contribution in [2.75, 3.05) is 10.7 Å². The summed E-state index contributed by atoms with van der Waals surface area (Å²) in [4.78, 5) is 23.4. The molecule has 0 aromatic heterocycles. The Morgan fingerprint density at radius 2 is 1.10 bits per heavy atom. The van der Waals surface area contributed by atoms with Gasteiger partial charge in [-0.05, 0) is 34.4 Å². The number of alkyl halides is 2. The van der Waals surface area contributed by atoms with Gasteiger partial charge in [0.1, 0.15) is 0 Å². The summed E-state index contributed by atoms with van der Waals surface area (Å²) in [6.07, 6.45) is 0. The lowest BCUT2D eigenvalue weighted by Crippen LogP contribution is -2.07. The molecular formula is C16H10Br2O2. The van der Waals surface area contributed by atoms with E-state index in [2.05, 4.69) is 31.9 Å². The van der Waals surface area contributed by atoms with Gasteiger partial charge in [-0.25, -0.2) is 0 Å². The number of ketones is 2. The smallest absolute Gasteiger partial charge is 0.173 e. The van der Waals surface area contributed by atoms with Crippen molar-refractivity contribution in [3.63, 3.8) is 0 Å².